The zero-order chi connectivity index (χ0) is 18.0. The number of carbonyl (C=O) groups excluding carboxylic acids is 1. The standard InChI is InChI=1S/C20H31N3OS2/c1-25-19-21-17(13-26-19)18(24)23-11-9-20(15-23)8-5-10-22(14-20)12-16-6-3-2-4-7-16/h13,16H,2-12,14-15H2,1H3/t20-/m1/s1. The van der Waals surface area contributed by atoms with Crippen molar-refractivity contribution in [2.75, 3.05) is 39.0 Å². The molecule has 4 nitrogen and oxygen atoms in total. The van der Waals surface area contributed by atoms with Gasteiger partial charge in [0.25, 0.3) is 5.91 Å². The van der Waals surface area contributed by atoms with Crippen LogP contribution in [0.25, 0.3) is 0 Å². The van der Waals surface area contributed by atoms with Crippen LogP contribution in [0.4, 0.5) is 0 Å². The van der Waals surface area contributed by atoms with Gasteiger partial charge in [0.15, 0.2) is 0 Å². The second kappa shape index (κ2) is 8.19. The van der Waals surface area contributed by atoms with Gasteiger partial charge >= 0.3 is 0 Å². The van der Waals surface area contributed by atoms with E-state index >= 15 is 0 Å². The molecule has 6 heteroatoms. The maximum atomic E-state index is 12.8. The van der Waals surface area contributed by atoms with Crippen molar-refractivity contribution in [2.24, 2.45) is 11.3 Å². The largest absolute Gasteiger partial charge is 0.337 e. The lowest BCUT2D eigenvalue weighted by molar-refractivity contribution is 0.0627. The van der Waals surface area contributed by atoms with Gasteiger partial charge in [-0.2, -0.15) is 0 Å². The van der Waals surface area contributed by atoms with Gasteiger partial charge in [-0.3, -0.25) is 4.79 Å². The van der Waals surface area contributed by atoms with E-state index in [0.29, 0.717) is 11.1 Å². The number of hydrogen-bond acceptors (Lipinski definition) is 5. The molecule has 26 heavy (non-hydrogen) atoms. The van der Waals surface area contributed by atoms with E-state index in [1.54, 1.807) is 23.1 Å². The molecule has 0 N–H and O–H groups in total. The average Bonchev–Trinajstić information content (AvgIpc) is 3.30. The van der Waals surface area contributed by atoms with Crippen LogP contribution < -0.4 is 0 Å². The summed E-state index contributed by atoms with van der Waals surface area (Å²) in [5, 5.41) is 1.93. The molecule has 1 aromatic heterocycles. The van der Waals surface area contributed by atoms with Crippen molar-refractivity contribution >= 4 is 29.0 Å². The molecule has 0 radical (unpaired) electrons. The van der Waals surface area contributed by atoms with Crippen molar-refractivity contribution in [3.8, 4) is 0 Å². The Morgan fingerprint density at radius 3 is 2.85 bits per heavy atom. The van der Waals surface area contributed by atoms with Crippen molar-refractivity contribution in [1.82, 2.24) is 14.8 Å². The topological polar surface area (TPSA) is 36.4 Å². The zero-order valence-electron chi connectivity index (χ0n) is 15.9. The van der Waals surface area contributed by atoms with Crippen molar-refractivity contribution in [2.45, 2.75) is 55.7 Å². The Balaban J connectivity index is 1.35. The predicted molar refractivity (Wildman–Crippen MR) is 109 cm³/mol. The summed E-state index contributed by atoms with van der Waals surface area (Å²) in [6.45, 7) is 5.58. The van der Waals surface area contributed by atoms with Gasteiger partial charge in [0, 0.05) is 37.0 Å². The Hall–Kier alpha value is -0.590. The van der Waals surface area contributed by atoms with Crippen molar-refractivity contribution in [1.29, 1.82) is 0 Å². The summed E-state index contributed by atoms with van der Waals surface area (Å²) in [4.78, 5) is 22.1. The summed E-state index contributed by atoms with van der Waals surface area (Å²) in [5.74, 6) is 1.06. The first-order chi connectivity index (χ1) is 12.7. The molecule has 144 valence electrons. The van der Waals surface area contributed by atoms with Gasteiger partial charge in [0.05, 0.1) is 0 Å². The fourth-order valence-electron chi connectivity index (χ4n) is 5.25. The lowest BCUT2D eigenvalue weighted by atomic mass is 9.78. The molecule has 0 bridgehead atoms. The fraction of sp³-hybridized carbons (Fsp3) is 0.800. The highest BCUT2D eigenvalue weighted by Gasteiger charge is 2.43. The normalized spacial score (nSPS) is 28.1. The molecule has 2 saturated heterocycles. The van der Waals surface area contributed by atoms with E-state index < -0.39 is 0 Å². The number of hydrogen-bond donors (Lipinski definition) is 0. The SMILES string of the molecule is CSc1nc(C(=O)N2CC[C@@]3(CCCN(CC4CCCCC4)C3)C2)cs1. The number of thioether (sulfide) groups is 1. The number of aromatic nitrogens is 1. The molecule has 4 rings (SSSR count). The minimum atomic E-state index is 0.142. The molecule has 3 aliphatic rings. The molecule has 0 aromatic carbocycles. The fourth-order valence-corrected chi connectivity index (χ4v) is 6.49. The number of amides is 1. The van der Waals surface area contributed by atoms with E-state index in [1.165, 1.54) is 71.0 Å². The number of nitrogens with zero attached hydrogens (tertiary/aromatic N) is 3. The Kier molecular flexibility index (Phi) is 5.91. The van der Waals surface area contributed by atoms with Crippen LogP contribution in [0.5, 0.6) is 0 Å². The van der Waals surface area contributed by atoms with Crippen LogP contribution in [0.3, 0.4) is 0 Å². The summed E-state index contributed by atoms with van der Waals surface area (Å²) in [7, 11) is 0. The number of carbonyl (C=O) groups is 1. The number of thiazole rings is 1. The van der Waals surface area contributed by atoms with Crippen LogP contribution in [-0.4, -0.2) is 59.7 Å². The van der Waals surface area contributed by atoms with Gasteiger partial charge in [-0.1, -0.05) is 31.0 Å². The summed E-state index contributed by atoms with van der Waals surface area (Å²) < 4.78 is 0.985. The first kappa shape index (κ1) is 18.8. The first-order valence-corrected chi connectivity index (χ1v) is 12.3. The van der Waals surface area contributed by atoms with Gasteiger partial charge in [0.1, 0.15) is 10.0 Å². The van der Waals surface area contributed by atoms with Crippen LogP contribution in [0.1, 0.15) is 61.9 Å². The molecule has 1 spiro atoms. The second-order valence-electron chi connectivity index (χ2n) is 8.52. The Labute approximate surface area is 165 Å². The van der Waals surface area contributed by atoms with Crippen molar-refractivity contribution in [3.63, 3.8) is 0 Å². The monoisotopic (exact) mass is 393 g/mol. The molecule has 1 amide bonds. The molecule has 1 aromatic rings. The van der Waals surface area contributed by atoms with Crippen molar-refractivity contribution < 1.29 is 4.79 Å². The predicted octanol–water partition coefficient (Wildman–Crippen LogP) is 4.37. The third kappa shape index (κ3) is 4.12. The number of piperidine rings is 1. The smallest absolute Gasteiger partial charge is 0.273 e. The Morgan fingerprint density at radius 2 is 2.08 bits per heavy atom. The highest BCUT2D eigenvalue weighted by atomic mass is 32.2. The maximum absolute atomic E-state index is 12.8. The van der Waals surface area contributed by atoms with E-state index in [2.05, 4.69) is 14.8 Å². The summed E-state index contributed by atoms with van der Waals surface area (Å²) in [6.07, 6.45) is 12.9. The van der Waals surface area contributed by atoms with E-state index in [1.807, 2.05) is 11.6 Å². The van der Waals surface area contributed by atoms with E-state index in [9.17, 15) is 4.79 Å². The third-order valence-electron chi connectivity index (χ3n) is 6.58. The minimum absolute atomic E-state index is 0.142. The Morgan fingerprint density at radius 1 is 1.23 bits per heavy atom. The second-order valence-corrected chi connectivity index (χ2v) is 10.4. The van der Waals surface area contributed by atoms with Crippen LogP contribution in [-0.2, 0) is 0 Å². The van der Waals surface area contributed by atoms with Crippen LogP contribution >= 0.6 is 23.1 Å². The van der Waals surface area contributed by atoms with Crippen molar-refractivity contribution in [3.05, 3.63) is 11.1 Å². The number of likely N-dealkylation sites (tertiary alicyclic amines) is 2. The van der Waals surface area contributed by atoms with Gasteiger partial charge < -0.3 is 9.80 Å². The molecule has 3 heterocycles. The maximum Gasteiger partial charge on any atom is 0.273 e. The lowest BCUT2D eigenvalue weighted by Crippen LogP contribution is -2.47. The number of rotatable bonds is 4. The minimum Gasteiger partial charge on any atom is -0.337 e. The summed E-state index contributed by atoms with van der Waals surface area (Å²) in [5.41, 5.74) is 0.979. The molecule has 1 saturated carbocycles. The summed E-state index contributed by atoms with van der Waals surface area (Å²) in [6, 6.07) is 0. The Bertz CT molecular complexity index is 628. The highest BCUT2D eigenvalue weighted by Crippen LogP contribution is 2.40. The molecule has 1 atom stereocenters. The third-order valence-corrected chi connectivity index (χ3v) is 8.45. The zero-order valence-corrected chi connectivity index (χ0v) is 17.5. The van der Waals surface area contributed by atoms with Gasteiger partial charge in [-0.25, -0.2) is 4.98 Å². The van der Waals surface area contributed by atoms with E-state index in [-0.39, 0.29) is 5.91 Å². The van der Waals surface area contributed by atoms with Crippen LogP contribution in [0.15, 0.2) is 9.72 Å². The molecular weight excluding hydrogens is 362 g/mol. The molecule has 0 unspecified atom stereocenters. The van der Waals surface area contributed by atoms with E-state index in [0.717, 1.165) is 23.3 Å². The average molecular weight is 394 g/mol. The lowest BCUT2D eigenvalue weighted by Gasteiger charge is -2.42. The molecule has 1 aliphatic carbocycles. The van der Waals surface area contributed by atoms with Gasteiger partial charge in [-0.15, -0.1) is 11.3 Å². The molecular formula is C20H31N3OS2. The molecule has 2 aliphatic heterocycles. The van der Waals surface area contributed by atoms with Crippen LogP contribution in [0, 0.1) is 11.3 Å². The van der Waals surface area contributed by atoms with Gasteiger partial charge in [0.2, 0.25) is 0 Å². The first-order valence-electron chi connectivity index (χ1n) is 10.2. The highest BCUT2D eigenvalue weighted by molar-refractivity contribution is 8.00. The van der Waals surface area contributed by atoms with Crippen LogP contribution in [0.2, 0.25) is 0 Å². The quantitative estimate of drug-likeness (QED) is 0.712. The van der Waals surface area contributed by atoms with E-state index in [4.69, 9.17) is 0 Å². The summed E-state index contributed by atoms with van der Waals surface area (Å²) >= 11 is 3.20. The van der Waals surface area contributed by atoms with Gasteiger partial charge in [-0.05, 0) is 50.8 Å². The molecule has 3 fully saturated rings.